The number of aryl methyl sites for hydroxylation is 1. The SMILES string of the molecule is Cc1ccccc1N1C(=O)c2ccc(C(=O)OC(C)C(=O)c3c[nH]c4ccccc34)cc2C1=O. The average Bonchev–Trinajstić information content (AvgIpc) is 3.38. The Balaban J connectivity index is 1.38. The summed E-state index contributed by atoms with van der Waals surface area (Å²) in [7, 11) is 0. The maximum atomic E-state index is 13.0. The first-order chi connectivity index (χ1) is 16.4. The number of para-hydroxylation sites is 2. The number of esters is 1. The smallest absolute Gasteiger partial charge is 0.338 e. The van der Waals surface area contributed by atoms with Gasteiger partial charge in [0, 0.05) is 22.7 Å². The van der Waals surface area contributed by atoms with Gasteiger partial charge in [-0.05, 0) is 49.7 Å². The first-order valence-electron chi connectivity index (χ1n) is 10.8. The van der Waals surface area contributed by atoms with Crippen LogP contribution in [-0.2, 0) is 4.74 Å². The van der Waals surface area contributed by atoms with Crippen molar-refractivity contribution in [3.63, 3.8) is 0 Å². The molecule has 4 aromatic rings. The molecule has 5 rings (SSSR count). The monoisotopic (exact) mass is 452 g/mol. The van der Waals surface area contributed by atoms with Crippen molar-refractivity contribution < 1.29 is 23.9 Å². The van der Waals surface area contributed by atoms with Gasteiger partial charge < -0.3 is 9.72 Å². The number of imide groups is 1. The molecule has 0 aliphatic carbocycles. The molecule has 7 nitrogen and oxygen atoms in total. The van der Waals surface area contributed by atoms with Gasteiger partial charge in [-0.2, -0.15) is 0 Å². The van der Waals surface area contributed by atoms with Crippen LogP contribution in [0.4, 0.5) is 5.69 Å². The number of hydrogen-bond acceptors (Lipinski definition) is 5. The lowest BCUT2D eigenvalue weighted by molar-refractivity contribution is 0.0319. The molecule has 2 heterocycles. The Hall–Kier alpha value is -4.52. The molecule has 0 radical (unpaired) electrons. The number of carbonyl (C=O) groups is 4. The molecule has 0 fully saturated rings. The van der Waals surface area contributed by atoms with Gasteiger partial charge in [0.25, 0.3) is 11.8 Å². The number of Topliss-reactive ketones (excluding diaryl/α,β-unsaturated/α-hetero) is 1. The van der Waals surface area contributed by atoms with Crippen LogP contribution in [0.3, 0.4) is 0 Å². The molecule has 1 aliphatic heterocycles. The second kappa shape index (κ2) is 8.12. The molecule has 7 heteroatoms. The van der Waals surface area contributed by atoms with Gasteiger partial charge in [0.05, 0.1) is 22.4 Å². The molecule has 1 unspecified atom stereocenters. The third-order valence-electron chi connectivity index (χ3n) is 5.99. The van der Waals surface area contributed by atoms with Gasteiger partial charge in [-0.3, -0.25) is 14.4 Å². The van der Waals surface area contributed by atoms with Crippen molar-refractivity contribution in [2.75, 3.05) is 4.90 Å². The number of rotatable bonds is 5. The number of hydrogen-bond donors (Lipinski definition) is 1. The van der Waals surface area contributed by atoms with E-state index in [2.05, 4.69) is 4.98 Å². The Kier molecular flexibility index (Phi) is 5.09. The lowest BCUT2D eigenvalue weighted by Gasteiger charge is -2.16. The molecule has 34 heavy (non-hydrogen) atoms. The maximum Gasteiger partial charge on any atom is 0.338 e. The van der Waals surface area contributed by atoms with Crippen molar-refractivity contribution in [3.05, 3.63) is 101 Å². The van der Waals surface area contributed by atoms with Crippen LogP contribution < -0.4 is 4.90 Å². The molecular weight excluding hydrogens is 432 g/mol. The van der Waals surface area contributed by atoms with E-state index < -0.39 is 23.9 Å². The van der Waals surface area contributed by atoms with Gasteiger partial charge in [-0.1, -0.05) is 36.4 Å². The summed E-state index contributed by atoms with van der Waals surface area (Å²) < 4.78 is 5.41. The highest BCUT2D eigenvalue weighted by atomic mass is 16.5. The summed E-state index contributed by atoms with van der Waals surface area (Å²) in [6, 6.07) is 18.7. The zero-order valence-electron chi connectivity index (χ0n) is 18.5. The lowest BCUT2D eigenvalue weighted by atomic mass is 10.0. The van der Waals surface area contributed by atoms with E-state index in [1.165, 1.54) is 25.1 Å². The summed E-state index contributed by atoms with van der Waals surface area (Å²) in [5.41, 5.74) is 2.94. The van der Waals surface area contributed by atoms with E-state index in [1.807, 2.05) is 43.3 Å². The lowest BCUT2D eigenvalue weighted by Crippen LogP contribution is -2.29. The van der Waals surface area contributed by atoms with Crippen LogP contribution in [0.25, 0.3) is 10.9 Å². The molecule has 1 N–H and O–H groups in total. The number of ether oxygens (including phenoxy) is 1. The predicted octanol–water partition coefficient (Wildman–Crippen LogP) is 4.71. The van der Waals surface area contributed by atoms with E-state index in [1.54, 1.807) is 18.3 Å². The molecule has 1 aromatic heterocycles. The summed E-state index contributed by atoms with van der Waals surface area (Å²) in [5.74, 6) is -2.05. The summed E-state index contributed by atoms with van der Waals surface area (Å²) in [6.45, 7) is 3.32. The Bertz CT molecular complexity index is 1500. The maximum absolute atomic E-state index is 13.0. The minimum atomic E-state index is -1.04. The van der Waals surface area contributed by atoms with Crippen LogP contribution in [0.1, 0.15) is 53.9 Å². The van der Waals surface area contributed by atoms with Gasteiger partial charge in [-0.25, -0.2) is 9.69 Å². The number of benzene rings is 3. The van der Waals surface area contributed by atoms with Crippen LogP contribution in [0, 0.1) is 6.92 Å². The highest BCUT2D eigenvalue weighted by molar-refractivity contribution is 6.35. The van der Waals surface area contributed by atoms with Crippen LogP contribution in [0.5, 0.6) is 0 Å². The van der Waals surface area contributed by atoms with Crippen LogP contribution in [0.15, 0.2) is 72.9 Å². The standard InChI is InChI=1S/C27H20N2O5/c1-15-7-3-6-10-23(15)29-25(31)19-12-11-17(13-20(19)26(29)32)27(33)34-16(2)24(30)21-14-28-22-9-5-4-8-18(21)22/h3-14,16,28H,1-2H3. The molecule has 168 valence electrons. The number of amides is 2. The minimum absolute atomic E-state index is 0.0881. The Morgan fingerprint density at radius 2 is 1.62 bits per heavy atom. The number of ketones is 1. The van der Waals surface area contributed by atoms with Crippen molar-refractivity contribution in [2.45, 2.75) is 20.0 Å². The number of aromatic nitrogens is 1. The van der Waals surface area contributed by atoms with E-state index in [0.717, 1.165) is 21.4 Å². The van der Waals surface area contributed by atoms with Gasteiger partial charge in [0.2, 0.25) is 5.78 Å². The number of carbonyl (C=O) groups excluding carboxylic acids is 4. The molecule has 2 amide bonds. The number of nitrogens with one attached hydrogen (secondary N) is 1. The zero-order chi connectivity index (χ0) is 24.0. The van der Waals surface area contributed by atoms with Crippen molar-refractivity contribution >= 4 is 40.2 Å². The summed E-state index contributed by atoms with van der Waals surface area (Å²) >= 11 is 0. The van der Waals surface area contributed by atoms with Gasteiger partial charge in [0.1, 0.15) is 0 Å². The topological polar surface area (TPSA) is 96.5 Å². The van der Waals surface area contributed by atoms with Gasteiger partial charge >= 0.3 is 5.97 Å². The number of anilines is 1. The van der Waals surface area contributed by atoms with Crippen LogP contribution in [0.2, 0.25) is 0 Å². The van der Waals surface area contributed by atoms with Gasteiger partial charge in [0.15, 0.2) is 6.10 Å². The number of nitrogens with zero attached hydrogens (tertiary/aromatic N) is 1. The first-order valence-corrected chi connectivity index (χ1v) is 10.8. The minimum Gasteiger partial charge on any atom is -0.451 e. The van der Waals surface area contributed by atoms with E-state index >= 15 is 0 Å². The molecule has 0 spiro atoms. The molecule has 1 aliphatic rings. The van der Waals surface area contributed by atoms with E-state index in [-0.39, 0.29) is 22.5 Å². The van der Waals surface area contributed by atoms with E-state index in [0.29, 0.717) is 11.3 Å². The van der Waals surface area contributed by atoms with Gasteiger partial charge in [-0.15, -0.1) is 0 Å². The normalized spacial score (nSPS) is 13.8. The fraction of sp³-hybridized carbons (Fsp3) is 0.111. The Morgan fingerprint density at radius 3 is 2.41 bits per heavy atom. The first kappa shape index (κ1) is 21.3. The van der Waals surface area contributed by atoms with E-state index in [4.69, 9.17) is 4.74 Å². The Morgan fingerprint density at radius 1 is 0.912 bits per heavy atom. The molecular formula is C27H20N2O5. The third-order valence-corrected chi connectivity index (χ3v) is 5.99. The summed E-state index contributed by atoms with van der Waals surface area (Å²) in [4.78, 5) is 55.8. The fourth-order valence-corrected chi connectivity index (χ4v) is 4.18. The second-order valence-electron chi connectivity index (χ2n) is 8.15. The number of aromatic amines is 1. The van der Waals surface area contributed by atoms with Crippen molar-refractivity contribution in [1.82, 2.24) is 4.98 Å². The predicted molar refractivity (Wildman–Crippen MR) is 126 cm³/mol. The highest BCUT2D eigenvalue weighted by Crippen LogP contribution is 2.31. The van der Waals surface area contributed by atoms with E-state index in [9.17, 15) is 19.2 Å². The number of H-pyrrole nitrogens is 1. The molecule has 1 atom stereocenters. The second-order valence-corrected chi connectivity index (χ2v) is 8.15. The summed E-state index contributed by atoms with van der Waals surface area (Å²) in [5, 5.41) is 0.744. The van der Waals surface area contributed by atoms with Crippen LogP contribution in [-0.4, -0.2) is 34.7 Å². The summed E-state index contributed by atoms with van der Waals surface area (Å²) in [6.07, 6.45) is 0.553. The fourth-order valence-electron chi connectivity index (χ4n) is 4.18. The molecule has 0 saturated carbocycles. The van der Waals surface area contributed by atoms with Crippen LogP contribution >= 0.6 is 0 Å². The quantitative estimate of drug-likeness (QED) is 0.269. The third kappa shape index (κ3) is 3.38. The average molecular weight is 452 g/mol. The zero-order valence-corrected chi connectivity index (χ0v) is 18.5. The van der Waals surface area contributed by atoms with Crippen molar-refractivity contribution in [1.29, 1.82) is 0 Å². The Labute approximate surface area is 195 Å². The number of fused-ring (bicyclic) bond motifs is 2. The molecule has 0 saturated heterocycles. The molecule has 0 bridgehead atoms. The largest absolute Gasteiger partial charge is 0.451 e. The highest BCUT2D eigenvalue weighted by Gasteiger charge is 2.38. The van der Waals surface area contributed by atoms with Crippen molar-refractivity contribution in [2.24, 2.45) is 0 Å². The molecule has 3 aromatic carbocycles. The van der Waals surface area contributed by atoms with Crippen molar-refractivity contribution in [3.8, 4) is 0 Å².